The predicted molar refractivity (Wildman–Crippen MR) is 92.7 cm³/mol. The minimum absolute atomic E-state index is 0.0299. The number of likely N-dealkylation sites (N-methyl/N-ethyl adjacent to an activating group) is 1. The molecule has 136 valence electrons. The van der Waals surface area contributed by atoms with E-state index >= 15 is 0 Å². The van der Waals surface area contributed by atoms with Crippen molar-refractivity contribution < 1.29 is 19.1 Å². The molecule has 1 aromatic carbocycles. The second-order valence-electron chi connectivity index (χ2n) is 6.71. The van der Waals surface area contributed by atoms with Crippen molar-refractivity contribution >= 4 is 11.8 Å². The highest BCUT2D eigenvalue weighted by molar-refractivity contribution is 5.81. The van der Waals surface area contributed by atoms with Gasteiger partial charge in [-0.3, -0.25) is 14.5 Å². The van der Waals surface area contributed by atoms with Crippen LogP contribution in [0.2, 0.25) is 0 Å². The van der Waals surface area contributed by atoms with Crippen LogP contribution in [-0.4, -0.2) is 56.1 Å². The number of benzene rings is 1. The Labute approximate surface area is 147 Å². The highest BCUT2D eigenvalue weighted by Crippen LogP contribution is 2.32. The lowest BCUT2D eigenvalue weighted by Crippen LogP contribution is -2.41. The zero-order valence-corrected chi connectivity index (χ0v) is 14.7. The summed E-state index contributed by atoms with van der Waals surface area (Å²) >= 11 is 0. The average molecular weight is 347 g/mol. The fourth-order valence-corrected chi connectivity index (χ4v) is 2.75. The molecule has 2 aliphatic rings. The van der Waals surface area contributed by atoms with E-state index in [4.69, 9.17) is 9.47 Å². The van der Waals surface area contributed by atoms with Crippen LogP contribution in [0.3, 0.4) is 0 Å². The van der Waals surface area contributed by atoms with E-state index in [2.05, 4.69) is 10.6 Å². The third-order valence-electron chi connectivity index (χ3n) is 4.21. The monoisotopic (exact) mass is 347 g/mol. The van der Waals surface area contributed by atoms with E-state index in [9.17, 15) is 9.59 Å². The van der Waals surface area contributed by atoms with Gasteiger partial charge in [0.1, 0.15) is 13.2 Å². The van der Waals surface area contributed by atoms with E-state index in [0.29, 0.717) is 25.0 Å². The van der Waals surface area contributed by atoms with Crippen molar-refractivity contribution in [3.63, 3.8) is 0 Å². The number of carbonyl (C=O) groups is 2. The number of amides is 2. The predicted octanol–water partition coefficient (Wildman–Crippen LogP) is 0.845. The molecule has 7 heteroatoms. The molecule has 0 bridgehead atoms. The molecular formula is C18H25N3O4. The summed E-state index contributed by atoms with van der Waals surface area (Å²) < 4.78 is 11.1. The molecule has 2 amide bonds. The van der Waals surface area contributed by atoms with E-state index in [0.717, 1.165) is 24.2 Å². The largest absolute Gasteiger partial charge is 0.486 e. The van der Waals surface area contributed by atoms with E-state index in [1.165, 1.54) is 0 Å². The Balaban J connectivity index is 1.47. The Morgan fingerprint density at radius 3 is 2.56 bits per heavy atom. The van der Waals surface area contributed by atoms with Gasteiger partial charge in [-0.1, -0.05) is 6.07 Å². The van der Waals surface area contributed by atoms with Crippen LogP contribution in [0.1, 0.15) is 31.4 Å². The van der Waals surface area contributed by atoms with Crippen molar-refractivity contribution in [2.75, 3.05) is 33.4 Å². The minimum atomic E-state index is -0.156. The number of nitrogens with zero attached hydrogens (tertiary/aromatic N) is 1. The van der Waals surface area contributed by atoms with Gasteiger partial charge in [0, 0.05) is 6.04 Å². The summed E-state index contributed by atoms with van der Waals surface area (Å²) in [7, 11) is 1.76. The van der Waals surface area contributed by atoms with Crippen molar-refractivity contribution in [1.82, 2.24) is 15.5 Å². The molecule has 7 nitrogen and oxygen atoms in total. The summed E-state index contributed by atoms with van der Waals surface area (Å²) in [5.74, 6) is 1.29. The topological polar surface area (TPSA) is 79.9 Å². The van der Waals surface area contributed by atoms with Gasteiger partial charge in [-0.05, 0) is 44.5 Å². The number of carbonyl (C=O) groups excluding carboxylic acids is 2. The first-order chi connectivity index (χ1) is 12.0. The first kappa shape index (κ1) is 17.5. The molecular weight excluding hydrogens is 322 g/mol. The van der Waals surface area contributed by atoms with Gasteiger partial charge in [0.2, 0.25) is 11.8 Å². The molecule has 0 unspecified atom stereocenters. The van der Waals surface area contributed by atoms with E-state index in [-0.39, 0.29) is 30.9 Å². The first-order valence-electron chi connectivity index (χ1n) is 8.68. The number of nitrogens with one attached hydrogen (secondary N) is 2. The molecule has 1 aromatic rings. The maximum absolute atomic E-state index is 12.2. The van der Waals surface area contributed by atoms with E-state index in [1.807, 2.05) is 25.1 Å². The van der Waals surface area contributed by atoms with Crippen LogP contribution in [0.4, 0.5) is 0 Å². The minimum Gasteiger partial charge on any atom is -0.486 e. The molecule has 1 heterocycles. The molecule has 0 saturated heterocycles. The Morgan fingerprint density at radius 2 is 1.84 bits per heavy atom. The van der Waals surface area contributed by atoms with Gasteiger partial charge in [-0.25, -0.2) is 0 Å². The lowest BCUT2D eigenvalue weighted by molar-refractivity contribution is -0.125. The Morgan fingerprint density at radius 1 is 1.16 bits per heavy atom. The van der Waals surface area contributed by atoms with Gasteiger partial charge in [0.05, 0.1) is 19.1 Å². The molecule has 0 aromatic heterocycles. The molecule has 1 aliphatic carbocycles. The average Bonchev–Trinajstić information content (AvgIpc) is 3.37. The van der Waals surface area contributed by atoms with Crippen molar-refractivity contribution in [2.24, 2.45) is 0 Å². The van der Waals surface area contributed by atoms with Crippen molar-refractivity contribution in [3.05, 3.63) is 23.8 Å². The van der Waals surface area contributed by atoms with Gasteiger partial charge < -0.3 is 20.1 Å². The third-order valence-corrected chi connectivity index (χ3v) is 4.21. The van der Waals surface area contributed by atoms with Crippen LogP contribution in [0, 0.1) is 0 Å². The number of fused-ring (bicyclic) bond motifs is 1. The van der Waals surface area contributed by atoms with Gasteiger partial charge >= 0.3 is 0 Å². The van der Waals surface area contributed by atoms with Gasteiger partial charge in [0.25, 0.3) is 0 Å². The van der Waals surface area contributed by atoms with E-state index < -0.39 is 0 Å². The van der Waals surface area contributed by atoms with Crippen LogP contribution >= 0.6 is 0 Å². The fourth-order valence-electron chi connectivity index (χ4n) is 2.75. The summed E-state index contributed by atoms with van der Waals surface area (Å²) in [6.07, 6.45) is 2.12. The van der Waals surface area contributed by atoms with Gasteiger partial charge in [-0.15, -0.1) is 0 Å². The summed E-state index contributed by atoms with van der Waals surface area (Å²) in [6, 6.07) is 5.86. The Kier molecular flexibility index (Phi) is 5.43. The number of hydrogen-bond acceptors (Lipinski definition) is 5. The number of rotatable bonds is 7. The van der Waals surface area contributed by atoms with Crippen LogP contribution in [-0.2, 0) is 9.59 Å². The summed E-state index contributed by atoms with van der Waals surface area (Å²) in [4.78, 5) is 25.7. The molecule has 1 aliphatic heterocycles. The van der Waals surface area contributed by atoms with Crippen molar-refractivity contribution in [1.29, 1.82) is 0 Å². The lowest BCUT2D eigenvalue weighted by atomic mass is 10.1. The number of ether oxygens (including phenoxy) is 2. The Bertz CT molecular complexity index is 645. The highest BCUT2D eigenvalue weighted by Gasteiger charge is 2.24. The quantitative estimate of drug-likeness (QED) is 0.764. The standard InChI is InChI=1S/C18H25N3O4/c1-12(13-3-6-15-16(9-13)25-8-7-24-15)19-17(22)10-21(2)11-18(23)20-14-4-5-14/h3,6,9,12,14H,4-5,7-8,10-11H2,1-2H3,(H,19,22)(H,20,23)/t12-/m1/s1. The van der Waals surface area contributed by atoms with Gasteiger partial charge in [-0.2, -0.15) is 0 Å². The zero-order chi connectivity index (χ0) is 17.8. The molecule has 3 rings (SSSR count). The molecule has 25 heavy (non-hydrogen) atoms. The summed E-state index contributed by atoms with van der Waals surface area (Å²) in [5.41, 5.74) is 0.951. The zero-order valence-electron chi connectivity index (χ0n) is 14.7. The molecule has 1 atom stereocenters. The first-order valence-corrected chi connectivity index (χ1v) is 8.68. The third kappa shape index (κ3) is 5.09. The Hall–Kier alpha value is -2.28. The lowest BCUT2D eigenvalue weighted by Gasteiger charge is -2.22. The SMILES string of the molecule is C[C@@H](NC(=O)CN(C)CC(=O)NC1CC1)c1ccc2c(c1)OCCO2. The molecule has 1 saturated carbocycles. The smallest absolute Gasteiger partial charge is 0.234 e. The van der Waals surface area contributed by atoms with Crippen molar-refractivity contribution in [2.45, 2.75) is 31.8 Å². The van der Waals surface area contributed by atoms with E-state index in [1.54, 1.807) is 11.9 Å². The van der Waals surface area contributed by atoms with Crippen LogP contribution in [0.25, 0.3) is 0 Å². The van der Waals surface area contributed by atoms with Crippen LogP contribution in [0.15, 0.2) is 18.2 Å². The van der Waals surface area contributed by atoms with Crippen LogP contribution < -0.4 is 20.1 Å². The van der Waals surface area contributed by atoms with Crippen LogP contribution in [0.5, 0.6) is 11.5 Å². The maximum Gasteiger partial charge on any atom is 0.234 e. The fraction of sp³-hybridized carbons (Fsp3) is 0.556. The second kappa shape index (κ2) is 7.74. The normalized spacial score (nSPS) is 17.1. The molecule has 2 N–H and O–H groups in total. The van der Waals surface area contributed by atoms with Gasteiger partial charge in [0.15, 0.2) is 11.5 Å². The molecule has 1 fully saturated rings. The molecule has 0 radical (unpaired) electrons. The maximum atomic E-state index is 12.2. The van der Waals surface area contributed by atoms with Crippen molar-refractivity contribution in [3.8, 4) is 11.5 Å². The summed E-state index contributed by atoms with van der Waals surface area (Å²) in [5, 5.41) is 5.87. The number of hydrogen-bond donors (Lipinski definition) is 2. The highest BCUT2D eigenvalue weighted by atomic mass is 16.6. The summed E-state index contributed by atoms with van der Waals surface area (Å²) in [6.45, 7) is 3.41. The second-order valence-corrected chi connectivity index (χ2v) is 6.71. The molecule has 0 spiro atoms.